The molecule has 1 amide bonds. The zero-order chi connectivity index (χ0) is 52.1. The van der Waals surface area contributed by atoms with Crippen molar-refractivity contribution in [3.63, 3.8) is 0 Å². The molecule has 368 valence electrons. The third-order valence-corrected chi connectivity index (χ3v) is 13.3. The molecule has 23 heteroatoms. The number of benzene rings is 8. The molecule has 73 heavy (non-hydrogen) atoms. The molecule has 0 saturated carbocycles. The maximum atomic E-state index is 13.3. The minimum Gasteiger partial charge on any atom is -0.871 e. The van der Waals surface area contributed by atoms with Crippen molar-refractivity contribution < 1.29 is 55.5 Å². The Balaban J connectivity index is 0.000000235. The van der Waals surface area contributed by atoms with Crippen molar-refractivity contribution in [3.05, 3.63) is 166 Å². The molecule has 0 aromatic heterocycles. The summed E-state index contributed by atoms with van der Waals surface area (Å²) in [6, 6.07) is 34.9. The van der Waals surface area contributed by atoms with Gasteiger partial charge in [0.25, 0.3) is 26.1 Å². The number of hydrogen-bond donors (Lipinski definition) is 4. The van der Waals surface area contributed by atoms with Crippen LogP contribution in [0, 0.1) is 13.8 Å². The Labute approximate surface area is 468 Å². The molecule has 4 N–H and O–H groups in total. The van der Waals surface area contributed by atoms with E-state index in [1.54, 1.807) is 111 Å². The van der Waals surface area contributed by atoms with Gasteiger partial charge < -0.3 is 30.1 Å². The van der Waals surface area contributed by atoms with Crippen LogP contribution >= 0.6 is 23.2 Å². The molecule has 8 rings (SSSR count). The second kappa shape index (κ2) is 23.6. The van der Waals surface area contributed by atoms with Crippen LogP contribution in [-0.2, 0) is 20.2 Å². The summed E-state index contributed by atoms with van der Waals surface area (Å²) in [7, 11) is -6.29. The topological polar surface area (TPSA) is 284 Å². The fourth-order valence-corrected chi connectivity index (χ4v) is 9.24. The van der Waals surface area contributed by atoms with E-state index in [4.69, 9.17) is 32.7 Å². The Morgan fingerprint density at radius 1 is 0.603 bits per heavy atom. The van der Waals surface area contributed by atoms with Gasteiger partial charge in [-0.1, -0.05) is 102 Å². The van der Waals surface area contributed by atoms with Gasteiger partial charge in [-0.15, -0.1) is 5.11 Å². The van der Waals surface area contributed by atoms with Crippen molar-refractivity contribution in [1.82, 2.24) is 0 Å². The Kier molecular flexibility index (Phi) is 18.1. The molecule has 18 nitrogen and oxygen atoms in total. The summed E-state index contributed by atoms with van der Waals surface area (Å²) in [6.45, 7) is 3.24. The smallest absolute Gasteiger partial charge is 0.871 e. The number of azo groups is 2. The molecule has 0 aliphatic heterocycles. The fourth-order valence-electron chi connectivity index (χ4n) is 7.09. The quantitative estimate of drug-likeness (QED) is 0.0292. The number of ether oxygens (including phenoxy) is 2. The number of aromatic hydroxyl groups is 1. The van der Waals surface area contributed by atoms with Crippen LogP contribution in [0.5, 0.6) is 23.0 Å². The van der Waals surface area contributed by atoms with E-state index in [1.807, 2.05) is 0 Å². The second-order valence-corrected chi connectivity index (χ2v) is 19.0. The molecule has 0 aliphatic carbocycles. The van der Waals surface area contributed by atoms with Crippen LogP contribution in [0.15, 0.2) is 169 Å². The van der Waals surface area contributed by atoms with E-state index in [1.165, 1.54) is 38.5 Å². The van der Waals surface area contributed by atoms with Gasteiger partial charge in [0.15, 0.2) is 5.75 Å². The average molecular weight is 1190 g/mol. The van der Waals surface area contributed by atoms with Gasteiger partial charge in [0, 0.05) is 10.8 Å². The summed E-state index contributed by atoms with van der Waals surface area (Å²) < 4.78 is 75.9. The van der Waals surface area contributed by atoms with Crippen molar-refractivity contribution in [2.45, 2.75) is 23.6 Å². The zero-order valence-corrected chi connectivity index (χ0v) is 46.3. The van der Waals surface area contributed by atoms with E-state index in [0.717, 1.165) is 12.1 Å². The van der Waals surface area contributed by atoms with Crippen molar-refractivity contribution in [2.75, 3.05) is 19.5 Å². The maximum Gasteiger partial charge on any atom is 2.00 e. The molecule has 0 fully saturated rings. The van der Waals surface area contributed by atoms with E-state index < -0.39 is 53.3 Å². The van der Waals surface area contributed by atoms with Gasteiger partial charge in [-0.2, -0.15) is 32.2 Å². The van der Waals surface area contributed by atoms with Crippen LogP contribution in [0.25, 0.3) is 21.5 Å². The zero-order valence-electron chi connectivity index (χ0n) is 38.7. The molecule has 0 saturated heterocycles. The van der Waals surface area contributed by atoms with E-state index in [-0.39, 0.29) is 98.5 Å². The molecular weight excluding hydrogens is 1150 g/mol. The molecule has 0 aliphatic rings. The van der Waals surface area contributed by atoms with Crippen molar-refractivity contribution in [3.8, 4) is 23.0 Å². The van der Waals surface area contributed by atoms with Crippen molar-refractivity contribution in [2.24, 2.45) is 25.4 Å². The first-order chi connectivity index (χ1) is 34.2. The number of nitrogens with one attached hydrogen (secondary N) is 1. The van der Waals surface area contributed by atoms with E-state index in [0.29, 0.717) is 49.9 Å². The molecule has 0 atom stereocenters. The number of rotatable bonds is 12. The summed E-state index contributed by atoms with van der Waals surface area (Å²) in [4.78, 5) is 16.1. The van der Waals surface area contributed by atoms with Gasteiger partial charge >= 0.3 is 48.9 Å². The number of aliphatic imine (C=N–C) groups is 1. The van der Waals surface area contributed by atoms with Crippen molar-refractivity contribution >= 4 is 160 Å². The minimum absolute atomic E-state index is 0. The number of methoxy groups -OCH3 is 2. The van der Waals surface area contributed by atoms with Crippen LogP contribution in [-0.4, -0.2) is 106 Å². The van der Waals surface area contributed by atoms with Gasteiger partial charge in [0.2, 0.25) is 0 Å². The summed E-state index contributed by atoms with van der Waals surface area (Å²) in [6.07, 6.45) is 0. The van der Waals surface area contributed by atoms with Gasteiger partial charge in [-0.05, 0) is 108 Å². The average Bonchev–Trinajstić information content (AvgIpc) is 3.33. The second-order valence-electron chi connectivity index (χ2n) is 15.4. The van der Waals surface area contributed by atoms with E-state index in [2.05, 4.69) is 30.8 Å². The number of amides is 1. The molecule has 0 bridgehead atoms. The summed E-state index contributed by atoms with van der Waals surface area (Å²) in [5, 5.41) is 58.2. The number of para-hydroxylation sites is 4. The fraction of sp³-hybridized carbons (Fsp3) is 0.0800. The molecule has 0 unspecified atom stereocenters. The van der Waals surface area contributed by atoms with Crippen LogP contribution in [0.3, 0.4) is 0 Å². The van der Waals surface area contributed by atoms with Crippen LogP contribution in [0.2, 0.25) is 10.0 Å². The first-order valence-electron chi connectivity index (χ1n) is 20.9. The number of carbonyl (C=O) groups is 1. The Morgan fingerprint density at radius 3 is 1.59 bits per heavy atom. The summed E-state index contributed by atoms with van der Waals surface area (Å²) in [5.74, 6) is -1.71. The SMILES string of the molecule is COc1ccccc1N=C([O-])c1cc2ccccc2c(N=Nc2cc(S(=O)(=O)O)c(Cl)cc2C)c1[O-].COc1ccccc1NC(=O)c1cc2ccccc2c(N=Nc2cc(S(=O)(=O)O)c(Cl)cc2C)c1O.[Ba+2]. The Hall–Kier alpha value is -6.41. The van der Waals surface area contributed by atoms with Crippen LogP contribution in [0.1, 0.15) is 27.0 Å². The van der Waals surface area contributed by atoms with E-state index in [9.17, 15) is 46.1 Å². The number of phenols is 1. The normalized spacial score (nSPS) is 11.9. The number of carbonyl (C=O) groups excluding carboxylic acids is 1. The predicted molar refractivity (Wildman–Crippen MR) is 275 cm³/mol. The largest absolute Gasteiger partial charge is 2.00 e. The van der Waals surface area contributed by atoms with Crippen LogP contribution < -0.4 is 25.0 Å². The van der Waals surface area contributed by atoms with Crippen LogP contribution in [0.4, 0.5) is 34.1 Å². The van der Waals surface area contributed by atoms with E-state index >= 15 is 0 Å². The monoisotopic (exact) mass is 1190 g/mol. The van der Waals surface area contributed by atoms with Gasteiger partial charge in [-0.25, -0.2) is 0 Å². The molecule has 8 aromatic rings. The third kappa shape index (κ3) is 12.9. The standard InChI is InChI=1S/2C25H20ClN3O6S.Ba/c2*1-14-11-18(26)22(36(32,33)34)13-20(14)28-29-23-16-8-4-3-7-15(16)12-17(24(23)30)25(31)27-19-9-5-6-10-21(19)35-2;/h2*3-13,30H,1-2H3,(H,27,31)(H,32,33,34);/q;;+2/p-2. The van der Waals surface area contributed by atoms with Gasteiger partial charge in [0.1, 0.15) is 32.7 Å². The number of phenolic OH excluding ortho intramolecular Hbond substituents is 1. The van der Waals surface area contributed by atoms with Crippen molar-refractivity contribution in [1.29, 1.82) is 0 Å². The molecular formula is C50H38BaCl2N6O12S2. The summed E-state index contributed by atoms with van der Waals surface area (Å²) in [5.41, 5.74) is 1.35. The number of halogens is 2. The molecule has 0 radical (unpaired) electrons. The first-order valence-corrected chi connectivity index (χ1v) is 24.5. The first kappa shape index (κ1) is 55.9. The number of hydrogen-bond acceptors (Lipinski definition) is 15. The number of fused-ring (bicyclic) bond motifs is 2. The van der Waals surface area contributed by atoms with Gasteiger partial charge in [0.05, 0.1) is 52.6 Å². The molecule has 8 aromatic carbocycles. The number of nitrogens with zero attached hydrogens (tertiary/aromatic N) is 5. The molecule has 0 spiro atoms. The minimum atomic E-state index is -4.61. The number of anilines is 1. The molecule has 0 heterocycles. The Bertz CT molecular complexity index is 3790. The number of aryl methyl sites for hydroxylation is 2. The maximum absolute atomic E-state index is 13.3. The summed E-state index contributed by atoms with van der Waals surface area (Å²) >= 11 is 11.9. The third-order valence-electron chi connectivity index (χ3n) is 10.7. The van der Waals surface area contributed by atoms with Gasteiger partial charge in [-0.3, -0.25) is 18.9 Å². The predicted octanol–water partition coefficient (Wildman–Crippen LogP) is 11.0. The Morgan fingerprint density at radius 2 is 1.05 bits per heavy atom.